The Morgan fingerprint density at radius 2 is 1.89 bits per heavy atom. The molecule has 5 rings (SSSR count). The number of alkyl halides is 3. The summed E-state index contributed by atoms with van der Waals surface area (Å²) in [6.45, 7) is 6.47. The van der Waals surface area contributed by atoms with Gasteiger partial charge in [0.1, 0.15) is 17.5 Å². The molecule has 0 aromatic carbocycles. The first-order valence-corrected chi connectivity index (χ1v) is 12.2. The highest BCUT2D eigenvalue weighted by Crippen LogP contribution is 2.37. The number of aliphatic hydroxyl groups is 1. The molecule has 0 amide bonds. The van der Waals surface area contributed by atoms with Crippen molar-refractivity contribution in [3.8, 4) is 0 Å². The zero-order valence-electron chi connectivity index (χ0n) is 20.5. The normalized spacial score (nSPS) is 24.5. The van der Waals surface area contributed by atoms with Gasteiger partial charge in [-0.25, -0.2) is 28.1 Å². The minimum atomic E-state index is -2.43. The highest BCUT2D eigenvalue weighted by atomic mass is 19.3. The molecule has 5 heterocycles. The Morgan fingerprint density at radius 1 is 1.08 bits per heavy atom. The molecule has 11 heteroatoms. The Bertz CT molecular complexity index is 1260. The maximum atomic E-state index is 14.7. The molecule has 2 unspecified atom stereocenters. The van der Waals surface area contributed by atoms with Crippen molar-refractivity contribution in [2.75, 3.05) is 34.8 Å². The number of rotatable bonds is 6. The van der Waals surface area contributed by atoms with E-state index in [4.69, 9.17) is 0 Å². The predicted molar refractivity (Wildman–Crippen MR) is 133 cm³/mol. The van der Waals surface area contributed by atoms with Crippen LogP contribution >= 0.6 is 0 Å². The molecule has 2 saturated heterocycles. The highest BCUT2D eigenvalue weighted by Gasteiger charge is 2.40. The van der Waals surface area contributed by atoms with Crippen molar-refractivity contribution >= 4 is 34.2 Å². The van der Waals surface area contributed by atoms with E-state index in [2.05, 4.69) is 39.1 Å². The maximum Gasteiger partial charge on any atom is 0.258 e. The van der Waals surface area contributed by atoms with Gasteiger partial charge >= 0.3 is 0 Å². The summed E-state index contributed by atoms with van der Waals surface area (Å²) >= 11 is 0. The van der Waals surface area contributed by atoms with Crippen LogP contribution in [0, 0.1) is 0 Å². The summed E-state index contributed by atoms with van der Waals surface area (Å²) in [5.41, 5.74) is -0.755. The molecule has 2 N–H and O–H groups in total. The Kier molecular flexibility index (Phi) is 6.36. The van der Waals surface area contributed by atoms with Gasteiger partial charge in [0.25, 0.3) is 6.43 Å². The molecule has 8 nitrogen and oxygen atoms in total. The molecule has 2 aliphatic rings. The second kappa shape index (κ2) is 9.34. The van der Waals surface area contributed by atoms with E-state index >= 15 is 0 Å². The molecule has 2 fully saturated rings. The summed E-state index contributed by atoms with van der Waals surface area (Å²) in [4.78, 5) is 21.2. The average molecular weight is 502 g/mol. The summed E-state index contributed by atoms with van der Waals surface area (Å²) in [6.07, 6.45) is 2.29. The van der Waals surface area contributed by atoms with Gasteiger partial charge < -0.3 is 20.2 Å². The van der Waals surface area contributed by atoms with Crippen molar-refractivity contribution in [1.82, 2.24) is 19.9 Å². The third-order valence-corrected chi connectivity index (χ3v) is 7.08. The first-order valence-electron chi connectivity index (χ1n) is 12.2. The van der Waals surface area contributed by atoms with E-state index in [1.54, 1.807) is 34.5 Å². The number of aliphatic hydroxyl groups excluding tert-OH is 1. The first-order chi connectivity index (χ1) is 17.1. The quantitative estimate of drug-likeness (QED) is 0.513. The lowest BCUT2D eigenvalue weighted by Gasteiger charge is -2.41. The number of aromatic nitrogens is 4. The lowest BCUT2D eigenvalue weighted by atomic mass is 9.94. The zero-order chi connectivity index (χ0) is 25.6. The van der Waals surface area contributed by atoms with Gasteiger partial charge in [0.05, 0.1) is 18.7 Å². The first kappa shape index (κ1) is 24.5. The summed E-state index contributed by atoms with van der Waals surface area (Å²) in [6, 6.07) is 2.74. The van der Waals surface area contributed by atoms with E-state index < -0.39 is 24.2 Å². The molecule has 2 aliphatic heterocycles. The minimum Gasteiger partial charge on any atom is -0.390 e. The Labute approximate surface area is 207 Å². The van der Waals surface area contributed by atoms with E-state index in [9.17, 15) is 18.3 Å². The zero-order valence-corrected chi connectivity index (χ0v) is 20.5. The fraction of sp³-hybridized carbons (Fsp3) is 0.520. The van der Waals surface area contributed by atoms with Crippen LogP contribution < -0.4 is 15.1 Å². The van der Waals surface area contributed by atoms with Crippen LogP contribution in [0.4, 0.5) is 36.6 Å². The van der Waals surface area contributed by atoms with E-state index in [0.717, 1.165) is 16.3 Å². The number of nitrogens with one attached hydrogen (secondary N) is 1. The van der Waals surface area contributed by atoms with Gasteiger partial charge in [-0.2, -0.15) is 4.98 Å². The van der Waals surface area contributed by atoms with Crippen molar-refractivity contribution in [3.05, 3.63) is 36.3 Å². The van der Waals surface area contributed by atoms with Crippen molar-refractivity contribution in [3.63, 3.8) is 0 Å². The number of nitrogens with zero attached hydrogens (tertiary/aromatic N) is 6. The SMILES string of the molecule is CC(C)c1cnc(N2CCC2C(F)F)c2cnc(Nc3ccnc(N4CCC(O)[C@](C)(F)C4)n3)cc12. The van der Waals surface area contributed by atoms with Crippen LogP contribution in [-0.2, 0) is 0 Å². The van der Waals surface area contributed by atoms with Crippen molar-refractivity contribution in [1.29, 1.82) is 0 Å². The molecular formula is C25H30F3N7O. The Hall–Kier alpha value is -3.21. The topological polar surface area (TPSA) is 90.3 Å². The fourth-order valence-corrected chi connectivity index (χ4v) is 4.84. The standard InChI is InChI=1S/C25H30F3N7O/c1-14(2)16-11-31-23(35-9-5-18(35)22(26)27)17-12-30-21(10-15(16)17)32-20-4-7-29-24(33-20)34-8-6-19(36)25(3,28)13-34/h4,7,10-12,14,18-19,22,36H,5-6,8-9,13H2,1-3H3,(H,29,30,32,33)/t18?,19?,25-/m1/s1. The molecule has 0 saturated carbocycles. The number of pyridine rings is 2. The molecule has 0 radical (unpaired) electrons. The average Bonchev–Trinajstić information content (AvgIpc) is 2.79. The summed E-state index contributed by atoms with van der Waals surface area (Å²) < 4.78 is 41.5. The summed E-state index contributed by atoms with van der Waals surface area (Å²) in [7, 11) is 0. The molecular weight excluding hydrogens is 471 g/mol. The number of piperidine rings is 1. The van der Waals surface area contributed by atoms with Crippen LogP contribution in [0.25, 0.3) is 10.8 Å². The van der Waals surface area contributed by atoms with Crippen molar-refractivity contribution < 1.29 is 18.3 Å². The number of fused-ring (bicyclic) bond motifs is 1. The molecule has 192 valence electrons. The smallest absolute Gasteiger partial charge is 0.258 e. The van der Waals surface area contributed by atoms with Crippen molar-refractivity contribution in [2.45, 2.75) is 63.8 Å². The largest absolute Gasteiger partial charge is 0.390 e. The summed E-state index contributed by atoms with van der Waals surface area (Å²) in [5, 5.41) is 14.7. The predicted octanol–water partition coefficient (Wildman–Crippen LogP) is 4.43. The minimum absolute atomic E-state index is 0.00448. The van der Waals surface area contributed by atoms with Crippen LogP contribution in [0.1, 0.15) is 45.1 Å². The van der Waals surface area contributed by atoms with Gasteiger partial charge in [-0.05, 0) is 48.8 Å². The molecule has 0 aliphatic carbocycles. The van der Waals surface area contributed by atoms with E-state index in [0.29, 0.717) is 42.9 Å². The lowest BCUT2D eigenvalue weighted by molar-refractivity contribution is -0.00860. The number of anilines is 4. The molecule has 3 atom stereocenters. The molecule has 3 aromatic heterocycles. The van der Waals surface area contributed by atoms with Gasteiger partial charge in [-0.1, -0.05) is 13.8 Å². The van der Waals surface area contributed by atoms with Gasteiger partial charge in [0.15, 0.2) is 5.67 Å². The van der Waals surface area contributed by atoms with E-state index in [-0.39, 0.29) is 18.9 Å². The second-order valence-electron chi connectivity index (χ2n) is 10.1. The van der Waals surface area contributed by atoms with E-state index in [1.807, 2.05) is 6.07 Å². The number of halogens is 3. The fourth-order valence-electron chi connectivity index (χ4n) is 4.84. The third kappa shape index (κ3) is 4.52. The maximum absolute atomic E-state index is 14.7. The molecule has 36 heavy (non-hydrogen) atoms. The molecule has 3 aromatic rings. The van der Waals surface area contributed by atoms with E-state index in [1.165, 1.54) is 6.92 Å². The van der Waals surface area contributed by atoms with Gasteiger partial charge in [-0.3, -0.25) is 0 Å². The lowest BCUT2D eigenvalue weighted by Crippen LogP contribution is -2.52. The molecule has 0 spiro atoms. The molecule has 0 bridgehead atoms. The monoisotopic (exact) mass is 501 g/mol. The van der Waals surface area contributed by atoms with Crippen LogP contribution in [-0.4, -0.2) is 68.9 Å². The van der Waals surface area contributed by atoms with Crippen LogP contribution in [0.5, 0.6) is 0 Å². The Balaban J connectivity index is 1.44. The van der Waals surface area contributed by atoms with Gasteiger partial charge in [-0.15, -0.1) is 0 Å². The van der Waals surface area contributed by atoms with Gasteiger partial charge in [0.2, 0.25) is 5.95 Å². The van der Waals surface area contributed by atoms with Crippen LogP contribution in [0.2, 0.25) is 0 Å². The highest BCUT2D eigenvalue weighted by molar-refractivity contribution is 5.96. The number of hydrogen-bond donors (Lipinski definition) is 2. The third-order valence-electron chi connectivity index (χ3n) is 7.08. The van der Waals surface area contributed by atoms with Gasteiger partial charge in [0, 0.05) is 37.1 Å². The van der Waals surface area contributed by atoms with Crippen LogP contribution in [0.15, 0.2) is 30.7 Å². The Morgan fingerprint density at radius 3 is 2.56 bits per heavy atom. The summed E-state index contributed by atoms with van der Waals surface area (Å²) in [5.74, 6) is 2.07. The number of hydrogen-bond acceptors (Lipinski definition) is 8. The van der Waals surface area contributed by atoms with Crippen LogP contribution in [0.3, 0.4) is 0 Å². The second-order valence-corrected chi connectivity index (χ2v) is 10.1. The van der Waals surface area contributed by atoms with Crippen molar-refractivity contribution in [2.24, 2.45) is 0 Å².